The molecule has 2 nitrogen and oxygen atoms in total. The Labute approximate surface area is 153 Å². The van der Waals surface area contributed by atoms with Crippen LogP contribution in [-0.2, 0) is 23.2 Å². The molecular formula is C16H24Cl2N2Zr. The number of hydrogen-bond donors (Lipinski definition) is 0. The number of nitrogens with zero attached hydrogens (tertiary/aromatic N) is 2. The van der Waals surface area contributed by atoms with E-state index in [1.807, 2.05) is 0 Å². The van der Waals surface area contributed by atoms with Gasteiger partial charge in [-0.2, -0.15) is 0 Å². The summed E-state index contributed by atoms with van der Waals surface area (Å²) in [6.07, 6.45) is 11.8. The van der Waals surface area contributed by atoms with E-state index in [1.54, 1.807) is 17.7 Å². The van der Waals surface area contributed by atoms with Crippen LogP contribution in [0.25, 0.3) is 0 Å². The van der Waals surface area contributed by atoms with E-state index in [0.29, 0.717) is 0 Å². The molecule has 116 valence electrons. The predicted octanol–water partition coefficient (Wildman–Crippen LogP) is -3.37. The van der Waals surface area contributed by atoms with Crippen LogP contribution in [0.2, 0.25) is 0 Å². The molecule has 0 aromatic carbocycles. The summed E-state index contributed by atoms with van der Waals surface area (Å²) in [5.41, 5.74) is 3.19. The molecular weight excluding hydrogens is 382 g/mol. The normalized spacial score (nSPS) is 16.7. The van der Waals surface area contributed by atoms with Crippen molar-refractivity contribution in [3.63, 3.8) is 0 Å². The molecule has 2 rings (SSSR count). The standard InChI is InChI=1S/2C8H12N.2ClH.Zr/c2*1-9(2)7-8-5-3-4-6-8;;;/h2*3,5H,4,7H2,1-2H3;2*1H;/q;;;;+2/p-2. The van der Waals surface area contributed by atoms with Crippen molar-refractivity contribution in [2.75, 3.05) is 41.3 Å². The Hall–Kier alpha value is 0.343. The molecule has 2 aliphatic carbocycles. The van der Waals surface area contributed by atoms with Crippen molar-refractivity contribution in [2.24, 2.45) is 0 Å². The van der Waals surface area contributed by atoms with Crippen molar-refractivity contribution in [1.29, 1.82) is 0 Å². The topological polar surface area (TPSA) is 6.48 Å². The third-order valence-corrected chi connectivity index (χ3v) is 7.40. The zero-order valence-corrected chi connectivity index (χ0v) is 17.3. The zero-order chi connectivity index (χ0) is 13.8. The van der Waals surface area contributed by atoms with Crippen LogP contribution in [0.5, 0.6) is 0 Å². The Bertz CT molecular complexity index is 421. The van der Waals surface area contributed by atoms with Crippen LogP contribution in [0, 0.1) is 0 Å². The average Bonchev–Trinajstić information content (AvgIpc) is 2.89. The monoisotopic (exact) mass is 404 g/mol. The van der Waals surface area contributed by atoms with Crippen molar-refractivity contribution in [3.05, 3.63) is 42.0 Å². The third kappa shape index (κ3) is 6.54. The van der Waals surface area contributed by atoms with Gasteiger partial charge < -0.3 is 24.8 Å². The predicted molar refractivity (Wildman–Crippen MR) is 78.7 cm³/mol. The Morgan fingerprint density at radius 1 is 0.810 bits per heavy atom. The van der Waals surface area contributed by atoms with E-state index in [9.17, 15) is 0 Å². The van der Waals surface area contributed by atoms with Crippen LogP contribution < -0.4 is 24.8 Å². The second-order valence-corrected chi connectivity index (χ2v) is 9.40. The van der Waals surface area contributed by atoms with E-state index in [2.05, 4.69) is 62.3 Å². The molecule has 0 saturated heterocycles. The van der Waals surface area contributed by atoms with Gasteiger partial charge in [-0.3, -0.25) is 0 Å². The number of halogens is 2. The maximum Gasteiger partial charge on any atom is -1.00 e. The Morgan fingerprint density at radius 3 is 1.52 bits per heavy atom. The van der Waals surface area contributed by atoms with Crippen LogP contribution in [0.1, 0.15) is 12.8 Å². The summed E-state index contributed by atoms with van der Waals surface area (Å²) in [5.74, 6) is 0. The fraction of sp³-hybridized carbons (Fsp3) is 0.500. The van der Waals surface area contributed by atoms with Crippen LogP contribution in [0.3, 0.4) is 0 Å². The van der Waals surface area contributed by atoms with Gasteiger partial charge in [0.05, 0.1) is 0 Å². The zero-order valence-electron chi connectivity index (χ0n) is 13.3. The van der Waals surface area contributed by atoms with Crippen molar-refractivity contribution in [2.45, 2.75) is 12.8 Å². The fourth-order valence-corrected chi connectivity index (χ4v) is 6.09. The van der Waals surface area contributed by atoms with Crippen molar-refractivity contribution >= 4 is 0 Å². The SMILES string of the molecule is CN(C)CC1=[C]([Zr+2][C]2=C(CN(C)C)C=CC2)CC=C1.[Cl-].[Cl-]. The molecule has 0 bridgehead atoms. The van der Waals surface area contributed by atoms with Gasteiger partial charge in [0.1, 0.15) is 0 Å². The van der Waals surface area contributed by atoms with Crippen molar-refractivity contribution < 1.29 is 48.0 Å². The van der Waals surface area contributed by atoms with Crippen LogP contribution in [0.4, 0.5) is 0 Å². The minimum absolute atomic E-state index is 0. The first kappa shape index (κ1) is 21.3. The number of allylic oxidation sites excluding steroid dienone is 4. The molecule has 0 spiro atoms. The van der Waals surface area contributed by atoms with Gasteiger partial charge in [0.15, 0.2) is 0 Å². The third-order valence-electron chi connectivity index (χ3n) is 3.33. The summed E-state index contributed by atoms with van der Waals surface area (Å²) >= 11 is -0.548. The quantitative estimate of drug-likeness (QED) is 0.455. The van der Waals surface area contributed by atoms with Gasteiger partial charge >= 0.3 is 129 Å². The summed E-state index contributed by atoms with van der Waals surface area (Å²) in [6, 6.07) is 0. The molecule has 0 heterocycles. The molecule has 0 saturated carbocycles. The Balaban J connectivity index is 0.00000200. The second-order valence-electron chi connectivity index (χ2n) is 5.82. The van der Waals surface area contributed by atoms with E-state index in [1.165, 1.54) is 12.8 Å². The molecule has 0 amide bonds. The Morgan fingerprint density at radius 2 is 1.19 bits per heavy atom. The maximum atomic E-state index is 2.35. The fourth-order valence-electron chi connectivity index (χ4n) is 2.52. The van der Waals surface area contributed by atoms with Crippen LogP contribution in [-0.4, -0.2) is 51.1 Å². The molecule has 0 aromatic heterocycles. The van der Waals surface area contributed by atoms with Gasteiger partial charge in [-0.15, -0.1) is 0 Å². The van der Waals surface area contributed by atoms with Gasteiger partial charge in [0, 0.05) is 0 Å². The number of hydrogen-bond acceptors (Lipinski definition) is 2. The largest absolute Gasteiger partial charge is 1.00 e. The molecule has 0 aliphatic heterocycles. The molecule has 0 radical (unpaired) electrons. The second kappa shape index (κ2) is 10.2. The van der Waals surface area contributed by atoms with Gasteiger partial charge in [-0.05, 0) is 0 Å². The Kier molecular flexibility index (Phi) is 10.3. The number of likely N-dealkylation sites (N-methyl/N-ethyl adjacent to an activating group) is 2. The summed E-state index contributed by atoms with van der Waals surface area (Å²) in [4.78, 5) is 4.57. The van der Waals surface area contributed by atoms with Crippen molar-refractivity contribution in [3.8, 4) is 0 Å². The van der Waals surface area contributed by atoms with E-state index < -0.39 is 23.2 Å². The minimum atomic E-state index is -0.548. The summed E-state index contributed by atoms with van der Waals surface area (Å²) in [7, 11) is 8.65. The number of rotatable bonds is 6. The molecule has 0 fully saturated rings. The summed E-state index contributed by atoms with van der Waals surface area (Å²) in [6.45, 7) is 2.22. The molecule has 2 aliphatic rings. The van der Waals surface area contributed by atoms with E-state index in [4.69, 9.17) is 0 Å². The maximum absolute atomic E-state index is 2.35. The van der Waals surface area contributed by atoms with Crippen LogP contribution >= 0.6 is 0 Å². The van der Waals surface area contributed by atoms with E-state index >= 15 is 0 Å². The van der Waals surface area contributed by atoms with Gasteiger partial charge in [0.2, 0.25) is 0 Å². The van der Waals surface area contributed by atoms with Gasteiger partial charge in [0.25, 0.3) is 0 Å². The minimum Gasteiger partial charge on any atom is -1.00 e. The molecule has 5 heteroatoms. The van der Waals surface area contributed by atoms with Crippen molar-refractivity contribution in [1.82, 2.24) is 9.80 Å². The van der Waals surface area contributed by atoms with Gasteiger partial charge in [-0.25, -0.2) is 0 Å². The summed E-state index contributed by atoms with van der Waals surface area (Å²) in [5, 5.41) is 0. The molecule has 0 atom stereocenters. The first-order valence-electron chi connectivity index (χ1n) is 6.90. The molecule has 0 aromatic rings. The first-order chi connectivity index (χ1) is 9.06. The smallest absolute Gasteiger partial charge is 1.00 e. The van der Waals surface area contributed by atoms with E-state index in [0.717, 1.165) is 13.1 Å². The van der Waals surface area contributed by atoms with Gasteiger partial charge in [-0.1, -0.05) is 0 Å². The van der Waals surface area contributed by atoms with E-state index in [-0.39, 0.29) is 24.8 Å². The average molecular weight is 407 g/mol. The molecule has 0 N–H and O–H groups in total. The summed E-state index contributed by atoms with van der Waals surface area (Å²) < 4.78 is 3.57. The first-order valence-corrected chi connectivity index (χ1v) is 9.35. The van der Waals surface area contributed by atoms with Crippen LogP contribution in [0.15, 0.2) is 42.0 Å². The molecule has 21 heavy (non-hydrogen) atoms. The molecule has 0 unspecified atom stereocenters.